The molecule has 0 bridgehead atoms. The van der Waals surface area contributed by atoms with Crippen LogP contribution < -0.4 is 7.22 Å². The van der Waals surface area contributed by atoms with Gasteiger partial charge >= 0.3 is 125 Å². The summed E-state index contributed by atoms with van der Waals surface area (Å²) < 4.78 is 2.68. The van der Waals surface area contributed by atoms with E-state index >= 15 is 0 Å². The third-order valence-electron chi connectivity index (χ3n) is 2.04. The molecule has 0 aliphatic carbocycles. The minimum atomic E-state index is 0. The molecule has 0 aliphatic heterocycles. The van der Waals surface area contributed by atoms with Crippen LogP contribution in [0.15, 0.2) is 48.5 Å². The topological polar surface area (TPSA) is 0 Å². The van der Waals surface area contributed by atoms with Gasteiger partial charge in [0.1, 0.15) is 0 Å². The number of benzene rings is 2. The normalized spacial score (nSPS) is 8.59. The summed E-state index contributed by atoms with van der Waals surface area (Å²) >= 11 is 4.06. The summed E-state index contributed by atoms with van der Waals surface area (Å²) in [6, 6.07) is 17.0. The van der Waals surface area contributed by atoms with Crippen molar-refractivity contribution < 1.29 is 27.7 Å². The van der Waals surface area contributed by atoms with Gasteiger partial charge in [0.2, 0.25) is 0 Å². The fourth-order valence-corrected chi connectivity index (χ4v) is 1.85. The van der Waals surface area contributed by atoms with Crippen LogP contribution in [-0.2, 0) is 27.7 Å². The molecule has 0 aromatic heterocycles. The molecule has 84 valence electrons. The smallest absolute Gasteiger partial charge is 0 e. The molecule has 0 saturated heterocycles. The van der Waals surface area contributed by atoms with E-state index in [0.29, 0.717) is 0 Å². The molecule has 0 unspecified atom stereocenters. The summed E-state index contributed by atoms with van der Waals surface area (Å²) in [5.41, 5.74) is 2.66. The molecule has 2 aromatic carbocycles. The Kier molecular flexibility index (Phi) is 10.4. The van der Waals surface area contributed by atoms with Crippen molar-refractivity contribution in [1.82, 2.24) is 0 Å². The van der Waals surface area contributed by atoms with Crippen LogP contribution >= 0.6 is 0 Å². The zero-order chi connectivity index (χ0) is 12.0. The van der Waals surface area contributed by atoms with E-state index in [-0.39, 0.29) is 27.7 Å². The summed E-state index contributed by atoms with van der Waals surface area (Å²) in [6.07, 6.45) is 0. The summed E-state index contributed by atoms with van der Waals surface area (Å²) in [5, 5.41) is 0. The van der Waals surface area contributed by atoms with Gasteiger partial charge in [0, 0.05) is 27.7 Å². The Morgan fingerprint density at radius 3 is 1.00 bits per heavy atom. The third-order valence-corrected chi connectivity index (χ3v) is 3.60. The van der Waals surface area contributed by atoms with Gasteiger partial charge in [-0.2, -0.15) is 0 Å². The Labute approximate surface area is 151 Å². The first-order valence-electron chi connectivity index (χ1n) is 5.05. The molecule has 0 atom stereocenters. The Morgan fingerprint density at radius 1 is 0.588 bits per heavy atom. The van der Waals surface area contributed by atoms with E-state index in [1.54, 1.807) is 0 Å². The van der Waals surface area contributed by atoms with Crippen molar-refractivity contribution in [3.8, 4) is 0 Å². The molecule has 0 amide bonds. The van der Waals surface area contributed by atoms with Crippen LogP contribution in [0.1, 0.15) is 11.1 Å². The second-order valence-corrected chi connectivity index (χ2v) is 6.32. The molecule has 3 heteroatoms. The minimum Gasteiger partial charge on any atom is 0 e. The van der Waals surface area contributed by atoms with Crippen LogP contribution in [0.5, 0.6) is 0 Å². The molecule has 2 radical (unpaired) electrons. The molecule has 0 N–H and O–H groups in total. The molecule has 17 heavy (non-hydrogen) atoms. The Hall–Kier alpha value is 0.954. The predicted molar refractivity (Wildman–Crippen MR) is 73.1 cm³/mol. The molecule has 0 aliphatic rings. The van der Waals surface area contributed by atoms with Gasteiger partial charge in [-0.05, 0) is 0 Å². The Balaban J connectivity index is 0.000000284. The summed E-state index contributed by atoms with van der Waals surface area (Å²) in [5.74, 6) is 0. The molecular formula is C14H14HgTe2. The summed E-state index contributed by atoms with van der Waals surface area (Å²) in [6.45, 7) is 4.20. The molecule has 0 spiro atoms. The first-order valence-corrected chi connectivity index (χ1v) is 7.38. The first kappa shape index (κ1) is 18.0. The number of hydrogen-bond donors (Lipinski definition) is 0. The zero-order valence-corrected chi connectivity index (χ0v) is 20.3. The molecule has 2 rings (SSSR count). The van der Waals surface area contributed by atoms with Crippen LogP contribution in [0.25, 0.3) is 0 Å². The van der Waals surface area contributed by atoms with Crippen molar-refractivity contribution in [2.45, 2.75) is 13.8 Å². The Bertz CT molecular complexity index is 335. The van der Waals surface area contributed by atoms with Crippen LogP contribution in [0.4, 0.5) is 0 Å². The average Bonchev–Trinajstić information content (AvgIpc) is 2.28. The first-order chi connectivity index (χ1) is 7.58. The number of rotatable bonds is 0. The summed E-state index contributed by atoms with van der Waals surface area (Å²) in [7, 11) is 0. The van der Waals surface area contributed by atoms with Crippen molar-refractivity contribution in [3.63, 3.8) is 0 Å². The van der Waals surface area contributed by atoms with Gasteiger partial charge in [-0.15, -0.1) is 0 Å². The Morgan fingerprint density at radius 2 is 0.824 bits per heavy atom. The van der Waals surface area contributed by atoms with Crippen molar-refractivity contribution >= 4 is 51.8 Å². The van der Waals surface area contributed by atoms with Crippen LogP contribution in [0.3, 0.4) is 0 Å². The van der Waals surface area contributed by atoms with Crippen LogP contribution in [0, 0.1) is 13.8 Å². The van der Waals surface area contributed by atoms with Crippen LogP contribution in [-0.4, -0.2) is 44.6 Å². The van der Waals surface area contributed by atoms with Crippen molar-refractivity contribution in [2.24, 2.45) is 0 Å². The summed E-state index contributed by atoms with van der Waals surface area (Å²) in [4.78, 5) is 0. The molecule has 0 heterocycles. The maximum Gasteiger partial charge on any atom is 0 e. The third kappa shape index (κ3) is 8.64. The maximum absolute atomic E-state index is 2.12. The van der Waals surface area contributed by atoms with Gasteiger partial charge in [-0.25, -0.2) is 0 Å². The molecule has 0 nitrogen and oxygen atoms in total. The van der Waals surface area contributed by atoms with Crippen molar-refractivity contribution in [3.05, 3.63) is 59.7 Å². The van der Waals surface area contributed by atoms with Gasteiger partial charge < -0.3 is 0 Å². The van der Waals surface area contributed by atoms with E-state index in [0.717, 1.165) is 0 Å². The molecule has 0 saturated carbocycles. The molecule has 0 fully saturated rings. The van der Waals surface area contributed by atoms with E-state index in [9.17, 15) is 0 Å². The van der Waals surface area contributed by atoms with E-state index in [2.05, 4.69) is 62.4 Å². The van der Waals surface area contributed by atoms with Gasteiger partial charge in [0.05, 0.1) is 0 Å². The predicted octanol–water partition coefficient (Wildman–Crippen LogP) is 1.58. The number of hydrogen-bond acceptors (Lipinski definition) is 0. The van der Waals surface area contributed by atoms with Crippen molar-refractivity contribution in [2.75, 3.05) is 0 Å². The van der Waals surface area contributed by atoms with E-state index in [4.69, 9.17) is 0 Å². The second-order valence-electron chi connectivity index (χ2n) is 3.63. The van der Waals surface area contributed by atoms with E-state index in [1.807, 2.05) is 44.6 Å². The maximum atomic E-state index is 2.12. The average molecular weight is 638 g/mol. The fraction of sp³-hybridized carbons (Fsp3) is 0.143. The van der Waals surface area contributed by atoms with Crippen LogP contribution in [0.2, 0.25) is 0 Å². The largest absolute Gasteiger partial charge is 0 e. The van der Waals surface area contributed by atoms with Gasteiger partial charge in [-0.1, -0.05) is 0 Å². The monoisotopic (exact) mass is 644 g/mol. The van der Waals surface area contributed by atoms with Gasteiger partial charge in [-0.3, -0.25) is 0 Å². The van der Waals surface area contributed by atoms with Gasteiger partial charge in [0.15, 0.2) is 0 Å². The number of aryl methyl sites for hydroxylation is 2. The standard InChI is InChI=1S/2C7H7Te.Hg/c2*1-6-2-4-7(8)5-3-6;/h2*2-5H,1H3;. The van der Waals surface area contributed by atoms with Crippen molar-refractivity contribution in [1.29, 1.82) is 0 Å². The molecule has 2 aromatic rings. The quantitative estimate of drug-likeness (QED) is 0.385. The van der Waals surface area contributed by atoms with E-state index < -0.39 is 0 Å². The minimum absolute atomic E-state index is 0. The second kappa shape index (κ2) is 9.83. The SMILES string of the molecule is Cc1ccc([Te])cc1.Cc1ccc([Te])cc1.[Hg]. The van der Waals surface area contributed by atoms with E-state index in [1.165, 1.54) is 18.3 Å². The fourth-order valence-electron chi connectivity index (χ4n) is 1.08. The molecular weight excluding hydrogens is 624 g/mol. The van der Waals surface area contributed by atoms with Gasteiger partial charge in [0.25, 0.3) is 0 Å². The zero-order valence-electron chi connectivity index (χ0n) is 10.1.